The van der Waals surface area contributed by atoms with Crippen molar-refractivity contribution in [3.63, 3.8) is 0 Å². The van der Waals surface area contributed by atoms with Gasteiger partial charge < -0.3 is 0 Å². The van der Waals surface area contributed by atoms with Crippen LogP contribution in [0.15, 0.2) is 17.4 Å². The first-order chi connectivity index (χ1) is 5.75. The van der Waals surface area contributed by atoms with Gasteiger partial charge in [-0.25, -0.2) is 4.79 Å². The molecule has 1 atom stereocenters. The highest BCUT2D eigenvalue weighted by Crippen LogP contribution is 2.14. The van der Waals surface area contributed by atoms with E-state index in [4.69, 9.17) is 0 Å². The van der Waals surface area contributed by atoms with E-state index >= 15 is 0 Å². The van der Waals surface area contributed by atoms with E-state index in [-0.39, 0.29) is 6.04 Å². The predicted octanol–water partition coefficient (Wildman–Crippen LogP) is 1.18. The Kier molecular flexibility index (Phi) is 2.66. The third-order valence-corrected chi connectivity index (χ3v) is 1.56. The van der Waals surface area contributed by atoms with Gasteiger partial charge in [0.1, 0.15) is 6.04 Å². The second kappa shape index (κ2) is 3.74. The lowest BCUT2D eigenvalue weighted by Gasteiger charge is -2.04. The Morgan fingerprint density at radius 2 is 2.17 bits per heavy atom. The number of nitrogens with zero attached hydrogens (tertiary/aromatic N) is 3. The zero-order chi connectivity index (χ0) is 8.97. The second-order valence-electron chi connectivity index (χ2n) is 2.42. The van der Waals surface area contributed by atoms with Gasteiger partial charge in [0.25, 0.3) is 0 Å². The second-order valence-corrected chi connectivity index (χ2v) is 2.42. The van der Waals surface area contributed by atoms with Gasteiger partial charge in [-0.15, -0.1) is 0 Å². The van der Waals surface area contributed by atoms with Crippen LogP contribution in [0.2, 0.25) is 0 Å². The number of aromatic nitrogens is 2. The SMILES string of the molecule is Cc1nccnc1C(C)N=C=O. The maximum absolute atomic E-state index is 9.96. The van der Waals surface area contributed by atoms with Gasteiger partial charge in [0.2, 0.25) is 6.08 Å². The first kappa shape index (κ1) is 8.56. The van der Waals surface area contributed by atoms with Crippen LogP contribution in [0.3, 0.4) is 0 Å². The first-order valence-corrected chi connectivity index (χ1v) is 3.60. The number of hydrogen-bond acceptors (Lipinski definition) is 4. The van der Waals surface area contributed by atoms with E-state index in [1.165, 1.54) is 6.08 Å². The first-order valence-electron chi connectivity index (χ1n) is 3.60. The molecule has 0 aliphatic rings. The molecule has 0 radical (unpaired) electrons. The molecule has 0 aromatic carbocycles. The van der Waals surface area contributed by atoms with Gasteiger partial charge in [0, 0.05) is 12.4 Å². The van der Waals surface area contributed by atoms with Crippen molar-refractivity contribution in [3.8, 4) is 0 Å². The molecule has 0 amide bonds. The van der Waals surface area contributed by atoms with E-state index in [9.17, 15) is 4.79 Å². The highest BCUT2D eigenvalue weighted by molar-refractivity contribution is 5.34. The van der Waals surface area contributed by atoms with E-state index in [1.807, 2.05) is 6.92 Å². The Labute approximate surface area is 70.4 Å². The fraction of sp³-hybridized carbons (Fsp3) is 0.375. The van der Waals surface area contributed by atoms with Crippen molar-refractivity contribution in [1.82, 2.24) is 9.97 Å². The minimum atomic E-state index is -0.254. The molecule has 0 aliphatic heterocycles. The van der Waals surface area contributed by atoms with Crippen LogP contribution in [0, 0.1) is 6.92 Å². The van der Waals surface area contributed by atoms with Crippen LogP contribution in [-0.4, -0.2) is 16.0 Å². The van der Waals surface area contributed by atoms with Crippen molar-refractivity contribution in [2.24, 2.45) is 4.99 Å². The summed E-state index contributed by atoms with van der Waals surface area (Å²) in [5, 5.41) is 0. The van der Waals surface area contributed by atoms with Crippen molar-refractivity contribution in [2.45, 2.75) is 19.9 Å². The lowest BCUT2D eigenvalue weighted by atomic mass is 10.2. The number of isocyanates is 1. The van der Waals surface area contributed by atoms with Crippen LogP contribution < -0.4 is 0 Å². The summed E-state index contributed by atoms with van der Waals surface area (Å²) < 4.78 is 0. The third kappa shape index (κ3) is 1.74. The Morgan fingerprint density at radius 3 is 2.75 bits per heavy atom. The van der Waals surface area contributed by atoms with Gasteiger partial charge in [0.05, 0.1) is 11.4 Å². The molecule has 0 spiro atoms. The molecule has 0 saturated heterocycles. The van der Waals surface area contributed by atoms with Gasteiger partial charge >= 0.3 is 0 Å². The molecule has 0 N–H and O–H groups in total. The van der Waals surface area contributed by atoms with Crippen molar-refractivity contribution < 1.29 is 4.79 Å². The summed E-state index contributed by atoms with van der Waals surface area (Å²) >= 11 is 0. The Bertz CT molecular complexity index is 318. The van der Waals surface area contributed by atoms with Crippen LogP contribution in [0.4, 0.5) is 0 Å². The zero-order valence-electron chi connectivity index (χ0n) is 6.98. The molecule has 0 bridgehead atoms. The molecule has 12 heavy (non-hydrogen) atoms. The Morgan fingerprint density at radius 1 is 1.50 bits per heavy atom. The molecular weight excluding hydrogens is 154 g/mol. The fourth-order valence-corrected chi connectivity index (χ4v) is 0.969. The van der Waals surface area contributed by atoms with Crippen LogP contribution >= 0.6 is 0 Å². The van der Waals surface area contributed by atoms with Gasteiger partial charge in [0.15, 0.2) is 0 Å². The molecule has 4 nitrogen and oxygen atoms in total. The summed E-state index contributed by atoms with van der Waals surface area (Å²) in [6, 6.07) is -0.254. The van der Waals surface area contributed by atoms with Gasteiger partial charge in [-0.1, -0.05) is 0 Å². The minimum Gasteiger partial charge on any atom is -0.258 e. The number of carbonyl (C=O) groups excluding carboxylic acids is 1. The zero-order valence-corrected chi connectivity index (χ0v) is 6.98. The normalized spacial score (nSPS) is 11.8. The molecule has 62 valence electrons. The lowest BCUT2D eigenvalue weighted by Crippen LogP contribution is -1.98. The van der Waals surface area contributed by atoms with E-state index in [2.05, 4.69) is 15.0 Å². The van der Waals surface area contributed by atoms with Crippen LogP contribution in [0.5, 0.6) is 0 Å². The quantitative estimate of drug-likeness (QED) is 0.486. The number of aryl methyl sites for hydroxylation is 1. The number of rotatable bonds is 2. The highest BCUT2D eigenvalue weighted by Gasteiger charge is 2.07. The summed E-state index contributed by atoms with van der Waals surface area (Å²) in [5.41, 5.74) is 1.52. The summed E-state index contributed by atoms with van der Waals surface area (Å²) in [5.74, 6) is 0. The maximum atomic E-state index is 9.96. The topological polar surface area (TPSA) is 55.2 Å². The largest absolute Gasteiger partial charge is 0.258 e. The standard InChI is InChI=1S/C8H9N3O/c1-6-8(7(2)11-5-12)10-4-3-9-6/h3-4,7H,1-2H3. The molecule has 1 rings (SSSR count). The smallest absolute Gasteiger partial charge is 0.235 e. The fourth-order valence-electron chi connectivity index (χ4n) is 0.969. The van der Waals surface area contributed by atoms with Gasteiger partial charge in [-0.05, 0) is 13.8 Å². The van der Waals surface area contributed by atoms with E-state index in [1.54, 1.807) is 19.3 Å². The average molecular weight is 163 g/mol. The van der Waals surface area contributed by atoms with Crippen molar-refractivity contribution >= 4 is 6.08 Å². The van der Waals surface area contributed by atoms with E-state index in [0.29, 0.717) is 0 Å². The molecule has 0 saturated carbocycles. The summed E-state index contributed by atoms with van der Waals surface area (Å²) in [4.78, 5) is 21.6. The average Bonchev–Trinajstić information content (AvgIpc) is 2.05. The predicted molar refractivity (Wildman–Crippen MR) is 43.3 cm³/mol. The Balaban J connectivity index is 3.02. The van der Waals surface area contributed by atoms with Crippen molar-refractivity contribution in [2.75, 3.05) is 0 Å². The summed E-state index contributed by atoms with van der Waals surface area (Å²) in [7, 11) is 0. The Hall–Kier alpha value is -1.54. The van der Waals surface area contributed by atoms with Gasteiger partial charge in [-0.3, -0.25) is 9.97 Å². The van der Waals surface area contributed by atoms with Crippen LogP contribution in [0.1, 0.15) is 24.4 Å². The monoisotopic (exact) mass is 163 g/mol. The highest BCUT2D eigenvalue weighted by atomic mass is 16.1. The van der Waals surface area contributed by atoms with Crippen molar-refractivity contribution in [3.05, 3.63) is 23.8 Å². The molecule has 1 heterocycles. The maximum Gasteiger partial charge on any atom is 0.235 e. The molecule has 0 fully saturated rings. The molecule has 1 aromatic rings. The van der Waals surface area contributed by atoms with Crippen LogP contribution in [0.25, 0.3) is 0 Å². The van der Waals surface area contributed by atoms with Gasteiger partial charge in [-0.2, -0.15) is 4.99 Å². The molecule has 0 aliphatic carbocycles. The van der Waals surface area contributed by atoms with E-state index < -0.39 is 0 Å². The number of hydrogen-bond donors (Lipinski definition) is 0. The molecule has 1 unspecified atom stereocenters. The summed E-state index contributed by atoms with van der Waals surface area (Å²) in [6.07, 6.45) is 4.69. The lowest BCUT2D eigenvalue weighted by molar-refractivity contribution is 0.558. The third-order valence-electron chi connectivity index (χ3n) is 1.56. The van der Waals surface area contributed by atoms with E-state index in [0.717, 1.165) is 11.4 Å². The number of aliphatic imine (C=N–C) groups is 1. The van der Waals surface area contributed by atoms with Crippen LogP contribution in [-0.2, 0) is 4.79 Å². The molecule has 4 heteroatoms. The molecule has 1 aromatic heterocycles. The minimum absolute atomic E-state index is 0.254. The molecular formula is C8H9N3O. The summed E-state index contributed by atoms with van der Waals surface area (Å²) in [6.45, 7) is 3.61. The van der Waals surface area contributed by atoms with Crippen molar-refractivity contribution in [1.29, 1.82) is 0 Å².